The Morgan fingerprint density at radius 1 is 1.37 bits per heavy atom. The van der Waals surface area contributed by atoms with Crippen LogP contribution in [0, 0.1) is 5.41 Å². The lowest BCUT2D eigenvalue weighted by Gasteiger charge is -2.42. The summed E-state index contributed by atoms with van der Waals surface area (Å²) >= 11 is 0. The molecule has 0 radical (unpaired) electrons. The SMILES string of the molecule is CNCC1(CNc2ccc3[nH]c(=O)oc3c2)CCC1. The smallest absolute Gasteiger partial charge is 0.408 e. The molecule has 1 saturated carbocycles. The van der Waals surface area contributed by atoms with Gasteiger partial charge in [0.05, 0.1) is 5.52 Å². The van der Waals surface area contributed by atoms with Gasteiger partial charge in [0.2, 0.25) is 0 Å². The number of aromatic nitrogens is 1. The number of benzene rings is 1. The average molecular weight is 261 g/mol. The van der Waals surface area contributed by atoms with Gasteiger partial charge in [0.1, 0.15) is 0 Å². The molecule has 3 rings (SSSR count). The molecule has 0 saturated heterocycles. The van der Waals surface area contributed by atoms with Crippen LogP contribution in [0.2, 0.25) is 0 Å². The van der Waals surface area contributed by atoms with Crippen LogP contribution in [0.5, 0.6) is 0 Å². The predicted octanol–water partition coefficient (Wildman–Crippen LogP) is 1.92. The zero-order valence-electron chi connectivity index (χ0n) is 11.1. The van der Waals surface area contributed by atoms with E-state index in [0.717, 1.165) is 24.3 Å². The topological polar surface area (TPSA) is 70.1 Å². The first-order chi connectivity index (χ1) is 9.21. The quantitative estimate of drug-likeness (QED) is 0.769. The van der Waals surface area contributed by atoms with Gasteiger partial charge < -0.3 is 15.1 Å². The van der Waals surface area contributed by atoms with Gasteiger partial charge in [0, 0.05) is 30.3 Å². The van der Waals surface area contributed by atoms with E-state index >= 15 is 0 Å². The van der Waals surface area contributed by atoms with Crippen LogP contribution in [0.1, 0.15) is 19.3 Å². The molecule has 0 aliphatic heterocycles. The number of aromatic amines is 1. The fraction of sp³-hybridized carbons (Fsp3) is 0.500. The molecule has 0 bridgehead atoms. The highest BCUT2D eigenvalue weighted by Gasteiger charge is 2.35. The summed E-state index contributed by atoms with van der Waals surface area (Å²) in [6.07, 6.45) is 3.85. The van der Waals surface area contributed by atoms with Gasteiger partial charge in [-0.05, 0) is 32.0 Å². The third-order valence-electron chi connectivity index (χ3n) is 4.05. The maximum Gasteiger partial charge on any atom is 0.417 e. The van der Waals surface area contributed by atoms with Crippen molar-refractivity contribution < 1.29 is 4.42 Å². The van der Waals surface area contributed by atoms with E-state index in [0.29, 0.717) is 11.0 Å². The van der Waals surface area contributed by atoms with Gasteiger partial charge in [-0.15, -0.1) is 0 Å². The predicted molar refractivity (Wildman–Crippen MR) is 75.5 cm³/mol. The molecule has 0 spiro atoms. The zero-order valence-corrected chi connectivity index (χ0v) is 11.1. The summed E-state index contributed by atoms with van der Waals surface area (Å²) in [5.74, 6) is -0.405. The van der Waals surface area contributed by atoms with Gasteiger partial charge in [0.15, 0.2) is 5.58 Å². The first kappa shape index (κ1) is 12.3. The molecule has 1 aromatic heterocycles. The van der Waals surface area contributed by atoms with Crippen LogP contribution in [-0.2, 0) is 0 Å². The molecule has 1 aliphatic carbocycles. The van der Waals surface area contributed by atoms with E-state index in [4.69, 9.17) is 4.42 Å². The molecule has 1 fully saturated rings. The second-order valence-electron chi connectivity index (χ2n) is 5.46. The summed E-state index contributed by atoms with van der Waals surface area (Å²) in [6, 6.07) is 5.71. The van der Waals surface area contributed by atoms with Crippen LogP contribution >= 0.6 is 0 Å². The normalized spacial score (nSPS) is 17.3. The number of anilines is 1. The van der Waals surface area contributed by atoms with Crippen LogP contribution < -0.4 is 16.4 Å². The zero-order chi connectivity index (χ0) is 13.3. The standard InChI is InChI=1S/C14H19N3O2/c1-15-8-14(5-2-6-14)9-16-10-3-4-11-12(7-10)19-13(18)17-11/h3-4,7,15-16H,2,5-6,8-9H2,1H3,(H,17,18). The Bertz CT molecular complexity index is 625. The Hall–Kier alpha value is -1.75. The van der Waals surface area contributed by atoms with Crippen molar-refractivity contribution in [2.75, 3.05) is 25.5 Å². The molecular formula is C14H19N3O2. The second kappa shape index (κ2) is 4.74. The van der Waals surface area contributed by atoms with E-state index < -0.39 is 5.76 Å². The van der Waals surface area contributed by atoms with Crippen molar-refractivity contribution in [3.63, 3.8) is 0 Å². The molecule has 5 nitrogen and oxygen atoms in total. The number of H-pyrrole nitrogens is 1. The maximum atomic E-state index is 11.1. The Balaban J connectivity index is 1.72. The molecule has 5 heteroatoms. The van der Waals surface area contributed by atoms with Gasteiger partial charge in [0.25, 0.3) is 0 Å². The Labute approximate surface area is 111 Å². The largest absolute Gasteiger partial charge is 0.417 e. The molecule has 0 amide bonds. The maximum absolute atomic E-state index is 11.1. The van der Waals surface area contributed by atoms with E-state index in [1.54, 1.807) is 0 Å². The summed E-state index contributed by atoms with van der Waals surface area (Å²) in [4.78, 5) is 13.7. The molecule has 1 heterocycles. The van der Waals surface area contributed by atoms with Gasteiger partial charge in [-0.3, -0.25) is 4.98 Å². The van der Waals surface area contributed by atoms with Crippen molar-refractivity contribution in [2.24, 2.45) is 5.41 Å². The van der Waals surface area contributed by atoms with Gasteiger partial charge in [-0.2, -0.15) is 0 Å². The highest BCUT2D eigenvalue weighted by atomic mass is 16.4. The van der Waals surface area contributed by atoms with E-state index in [9.17, 15) is 4.79 Å². The van der Waals surface area contributed by atoms with Crippen LogP contribution in [0.15, 0.2) is 27.4 Å². The van der Waals surface area contributed by atoms with Gasteiger partial charge in [-0.25, -0.2) is 4.79 Å². The highest BCUT2D eigenvalue weighted by Crippen LogP contribution is 2.40. The van der Waals surface area contributed by atoms with Crippen molar-refractivity contribution in [1.82, 2.24) is 10.3 Å². The van der Waals surface area contributed by atoms with Crippen molar-refractivity contribution in [3.05, 3.63) is 28.7 Å². The molecule has 102 valence electrons. The van der Waals surface area contributed by atoms with Crippen LogP contribution in [0.4, 0.5) is 5.69 Å². The van der Waals surface area contributed by atoms with Crippen LogP contribution in [-0.4, -0.2) is 25.1 Å². The number of fused-ring (bicyclic) bond motifs is 1. The summed E-state index contributed by atoms with van der Waals surface area (Å²) in [5, 5.41) is 6.73. The highest BCUT2D eigenvalue weighted by molar-refractivity contribution is 5.76. The number of hydrogen-bond acceptors (Lipinski definition) is 4. The monoisotopic (exact) mass is 261 g/mol. The third-order valence-corrected chi connectivity index (χ3v) is 4.05. The fourth-order valence-corrected chi connectivity index (χ4v) is 2.81. The first-order valence-electron chi connectivity index (χ1n) is 6.72. The van der Waals surface area contributed by atoms with Crippen molar-refractivity contribution in [1.29, 1.82) is 0 Å². The van der Waals surface area contributed by atoms with Crippen molar-refractivity contribution >= 4 is 16.8 Å². The number of rotatable bonds is 5. The molecule has 1 aromatic carbocycles. The Kier molecular flexibility index (Phi) is 3.06. The van der Waals surface area contributed by atoms with E-state index in [2.05, 4.69) is 15.6 Å². The van der Waals surface area contributed by atoms with Crippen molar-refractivity contribution in [3.8, 4) is 0 Å². The lowest BCUT2D eigenvalue weighted by atomic mass is 9.68. The third kappa shape index (κ3) is 2.38. The van der Waals surface area contributed by atoms with E-state index in [1.807, 2.05) is 25.2 Å². The number of oxazole rings is 1. The van der Waals surface area contributed by atoms with Crippen molar-refractivity contribution in [2.45, 2.75) is 19.3 Å². The van der Waals surface area contributed by atoms with E-state index in [1.165, 1.54) is 19.3 Å². The Morgan fingerprint density at radius 2 is 2.21 bits per heavy atom. The van der Waals surface area contributed by atoms with Gasteiger partial charge in [-0.1, -0.05) is 6.42 Å². The molecule has 19 heavy (non-hydrogen) atoms. The summed E-state index contributed by atoms with van der Waals surface area (Å²) in [7, 11) is 2.00. The van der Waals surface area contributed by atoms with E-state index in [-0.39, 0.29) is 0 Å². The molecule has 2 aromatic rings. The summed E-state index contributed by atoms with van der Waals surface area (Å²) < 4.78 is 5.06. The first-order valence-corrected chi connectivity index (χ1v) is 6.72. The minimum atomic E-state index is -0.405. The lowest BCUT2D eigenvalue weighted by Crippen LogP contribution is -2.44. The molecular weight excluding hydrogens is 242 g/mol. The molecule has 3 N–H and O–H groups in total. The van der Waals surface area contributed by atoms with Crippen LogP contribution in [0.25, 0.3) is 11.1 Å². The average Bonchev–Trinajstić information content (AvgIpc) is 2.71. The summed E-state index contributed by atoms with van der Waals surface area (Å²) in [5.41, 5.74) is 2.72. The molecule has 0 unspecified atom stereocenters. The lowest BCUT2D eigenvalue weighted by molar-refractivity contribution is 0.151. The number of hydrogen-bond donors (Lipinski definition) is 3. The minimum absolute atomic E-state index is 0.378. The fourth-order valence-electron chi connectivity index (χ4n) is 2.81. The second-order valence-corrected chi connectivity index (χ2v) is 5.46. The molecule has 1 aliphatic rings. The van der Waals surface area contributed by atoms with Crippen LogP contribution in [0.3, 0.4) is 0 Å². The molecule has 0 atom stereocenters. The minimum Gasteiger partial charge on any atom is -0.408 e. The summed E-state index contributed by atoms with van der Waals surface area (Å²) in [6.45, 7) is 2.00. The Morgan fingerprint density at radius 3 is 2.89 bits per heavy atom. The number of nitrogens with one attached hydrogen (secondary N) is 3. The van der Waals surface area contributed by atoms with Gasteiger partial charge >= 0.3 is 5.76 Å².